The Hall–Kier alpha value is -1.07. The minimum absolute atomic E-state index is 0.124. The van der Waals surface area contributed by atoms with Crippen LogP contribution in [0.5, 0.6) is 0 Å². The standard InChI is InChI=1S/C11H16BNO3/c1-10(2)11(3,4)16-12(15-10)13-8-6-5-7-9(13)14/h5-8H,1-4H3. The maximum atomic E-state index is 11.6. The maximum Gasteiger partial charge on any atom is 0.601 e. The van der Waals surface area contributed by atoms with Crippen molar-refractivity contribution in [3.63, 3.8) is 0 Å². The predicted octanol–water partition coefficient (Wildman–Crippen LogP) is 1.29. The van der Waals surface area contributed by atoms with E-state index in [9.17, 15) is 4.79 Å². The summed E-state index contributed by atoms with van der Waals surface area (Å²) in [6.07, 6.45) is 1.67. The molecule has 1 aromatic rings. The summed E-state index contributed by atoms with van der Waals surface area (Å²) < 4.78 is 13.0. The van der Waals surface area contributed by atoms with Crippen molar-refractivity contribution in [2.45, 2.75) is 38.9 Å². The number of pyridine rings is 1. The Labute approximate surface area is 95.3 Å². The Kier molecular flexibility index (Phi) is 2.47. The van der Waals surface area contributed by atoms with Gasteiger partial charge >= 0.3 is 7.25 Å². The van der Waals surface area contributed by atoms with Gasteiger partial charge in [0.2, 0.25) is 5.56 Å². The average Bonchev–Trinajstić information content (AvgIpc) is 2.36. The van der Waals surface area contributed by atoms with Gasteiger partial charge in [-0.15, -0.1) is 0 Å². The molecule has 1 aliphatic rings. The lowest BCUT2D eigenvalue weighted by molar-refractivity contribution is 0.00578. The second-order valence-corrected chi connectivity index (χ2v) is 5.01. The SMILES string of the molecule is CC1(C)OB(n2ccccc2=O)OC1(C)C. The van der Waals surface area contributed by atoms with Gasteiger partial charge in [-0.3, -0.25) is 4.79 Å². The fraction of sp³-hybridized carbons (Fsp3) is 0.545. The molecular weight excluding hydrogens is 205 g/mol. The molecular formula is C11H16BNO3. The summed E-state index contributed by atoms with van der Waals surface area (Å²) in [5.74, 6) is 0. The van der Waals surface area contributed by atoms with Crippen LogP contribution in [0.25, 0.3) is 0 Å². The number of aromatic nitrogens is 1. The van der Waals surface area contributed by atoms with Gasteiger partial charge < -0.3 is 13.8 Å². The molecule has 0 saturated carbocycles. The molecule has 86 valence electrons. The van der Waals surface area contributed by atoms with E-state index in [2.05, 4.69) is 0 Å². The summed E-state index contributed by atoms with van der Waals surface area (Å²) in [5, 5.41) is 0. The summed E-state index contributed by atoms with van der Waals surface area (Å²) in [4.78, 5) is 11.6. The zero-order chi connectivity index (χ0) is 12.0. The van der Waals surface area contributed by atoms with E-state index in [1.54, 1.807) is 18.3 Å². The molecule has 1 saturated heterocycles. The van der Waals surface area contributed by atoms with Gasteiger partial charge in [0.05, 0.1) is 11.2 Å². The van der Waals surface area contributed by atoms with E-state index in [0.29, 0.717) is 0 Å². The quantitative estimate of drug-likeness (QED) is 0.670. The highest BCUT2D eigenvalue weighted by Gasteiger charge is 2.52. The minimum Gasteiger partial charge on any atom is -0.384 e. The van der Waals surface area contributed by atoms with Gasteiger partial charge in [0.1, 0.15) is 0 Å². The summed E-state index contributed by atoms with van der Waals surface area (Å²) in [7, 11) is -0.640. The molecule has 0 aromatic carbocycles. The largest absolute Gasteiger partial charge is 0.601 e. The van der Waals surface area contributed by atoms with Crippen LogP contribution in [0.2, 0.25) is 0 Å². The van der Waals surface area contributed by atoms with Gasteiger partial charge in [0, 0.05) is 6.07 Å². The second kappa shape index (κ2) is 3.47. The Bertz CT molecular complexity index is 437. The molecule has 0 aliphatic carbocycles. The van der Waals surface area contributed by atoms with Gasteiger partial charge in [-0.05, 0) is 40.0 Å². The zero-order valence-corrected chi connectivity index (χ0v) is 10.1. The smallest absolute Gasteiger partial charge is 0.384 e. The van der Waals surface area contributed by atoms with E-state index in [0.717, 1.165) is 0 Å². The molecule has 0 N–H and O–H groups in total. The van der Waals surface area contributed by atoms with Gasteiger partial charge in [-0.2, -0.15) is 0 Å². The number of hydrogen-bond donors (Lipinski definition) is 0. The fourth-order valence-electron chi connectivity index (χ4n) is 1.54. The predicted molar refractivity (Wildman–Crippen MR) is 62.2 cm³/mol. The second-order valence-electron chi connectivity index (χ2n) is 5.01. The summed E-state index contributed by atoms with van der Waals surface area (Å²) in [6.45, 7) is 7.84. The highest BCUT2D eigenvalue weighted by molar-refractivity contribution is 6.43. The molecule has 0 amide bonds. The third-order valence-electron chi connectivity index (χ3n) is 3.32. The van der Waals surface area contributed by atoms with Crippen molar-refractivity contribution in [1.29, 1.82) is 0 Å². The van der Waals surface area contributed by atoms with Gasteiger partial charge in [0.25, 0.3) is 0 Å². The van der Waals surface area contributed by atoms with E-state index < -0.39 is 18.5 Å². The Morgan fingerprint density at radius 2 is 1.69 bits per heavy atom. The van der Waals surface area contributed by atoms with Crippen LogP contribution in [-0.4, -0.2) is 22.9 Å². The molecule has 2 heterocycles. The van der Waals surface area contributed by atoms with E-state index >= 15 is 0 Å². The molecule has 5 heteroatoms. The highest BCUT2D eigenvalue weighted by atomic mass is 16.7. The van der Waals surface area contributed by atoms with E-state index in [4.69, 9.17) is 9.31 Å². The normalized spacial score (nSPS) is 22.4. The lowest BCUT2D eigenvalue weighted by atomic mass is 9.90. The van der Waals surface area contributed by atoms with Crippen molar-refractivity contribution in [1.82, 2.24) is 4.48 Å². The lowest BCUT2D eigenvalue weighted by Crippen LogP contribution is -2.41. The third-order valence-corrected chi connectivity index (χ3v) is 3.32. The Morgan fingerprint density at radius 1 is 1.12 bits per heavy atom. The van der Waals surface area contributed by atoms with Crippen molar-refractivity contribution in [3.05, 3.63) is 34.7 Å². The topological polar surface area (TPSA) is 40.5 Å². The summed E-state index contributed by atoms with van der Waals surface area (Å²) >= 11 is 0. The van der Waals surface area contributed by atoms with Crippen LogP contribution in [-0.2, 0) is 9.31 Å². The monoisotopic (exact) mass is 221 g/mol. The van der Waals surface area contributed by atoms with Crippen LogP contribution in [0.4, 0.5) is 0 Å². The highest BCUT2D eigenvalue weighted by Crippen LogP contribution is 2.36. The first-order chi connectivity index (χ1) is 7.33. The van der Waals surface area contributed by atoms with Gasteiger partial charge in [0.15, 0.2) is 0 Å². The molecule has 0 atom stereocenters. The fourth-order valence-corrected chi connectivity index (χ4v) is 1.54. The third kappa shape index (κ3) is 1.70. The van der Waals surface area contributed by atoms with Crippen molar-refractivity contribution < 1.29 is 9.31 Å². The molecule has 0 unspecified atom stereocenters. The maximum absolute atomic E-state index is 11.6. The van der Waals surface area contributed by atoms with E-state index in [1.807, 2.05) is 27.7 Å². The molecule has 0 radical (unpaired) electrons. The van der Waals surface area contributed by atoms with Crippen molar-refractivity contribution >= 4 is 7.25 Å². The van der Waals surface area contributed by atoms with Crippen LogP contribution < -0.4 is 5.56 Å². The van der Waals surface area contributed by atoms with Crippen molar-refractivity contribution in [3.8, 4) is 0 Å². The number of hydrogen-bond acceptors (Lipinski definition) is 3. The molecule has 0 bridgehead atoms. The van der Waals surface area contributed by atoms with Crippen LogP contribution >= 0.6 is 0 Å². The van der Waals surface area contributed by atoms with Gasteiger partial charge in [-0.1, -0.05) is 6.07 Å². The average molecular weight is 221 g/mol. The van der Waals surface area contributed by atoms with Crippen LogP contribution in [0, 0.1) is 0 Å². The van der Waals surface area contributed by atoms with E-state index in [-0.39, 0.29) is 5.56 Å². The van der Waals surface area contributed by atoms with Crippen molar-refractivity contribution in [2.24, 2.45) is 0 Å². The van der Waals surface area contributed by atoms with E-state index in [1.165, 1.54) is 10.5 Å². The molecule has 0 spiro atoms. The molecule has 16 heavy (non-hydrogen) atoms. The minimum atomic E-state index is -0.640. The van der Waals surface area contributed by atoms with Gasteiger partial charge in [-0.25, -0.2) is 0 Å². The first-order valence-electron chi connectivity index (χ1n) is 5.36. The number of nitrogens with zero attached hydrogens (tertiary/aromatic N) is 1. The van der Waals surface area contributed by atoms with Crippen molar-refractivity contribution in [2.75, 3.05) is 0 Å². The first-order valence-corrected chi connectivity index (χ1v) is 5.36. The molecule has 1 fully saturated rings. The zero-order valence-electron chi connectivity index (χ0n) is 10.1. The summed E-state index contributed by atoms with van der Waals surface area (Å²) in [6, 6.07) is 4.97. The van der Waals surface area contributed by atoms with Crippen LogP contribution in [0.15, 0.2) is 29.2 Å². The number of rotatable bonds is 1. The van der Waals surface area contributed by atoms with Crippen LogP contribution in [0.1, 0.15) is 27.7 Å². The Morgan fingerprint density at radius 3 is 2.19 bits per heavy atom. The Balaban J connectivity index is 2.35. The lowest BCUT2D eigenvalue weighted by Gasteiger charge is -2.32. The summed E-state index contributed by atoms with van der Waals surface area (Å²) in [5.41, 5.74) is -0.971. The molecule has 2 rings (SSSR count). The molecule has 1 aliphatic heterocycles. The molecule has 1 aromatic heterocycles. The molecule has 4 nitrogen and oxygen atoms in total. The van der Waals surface area contributed by atoms with Crippen LogP contribution in [0.3, 0.4) is 0 Å². The first kappa shape index (κ1) is 11.4.